The van der Waals surface area contributed by atoms with Crippen LogP contribution < -0.4 is 11.1 Å². The van der Waals surface area contributed by atoms with E-state index in [-0.39, 0.29) is 5.91 Å². The van der Waals surface area contributed by atoms with Gasteiger partial charge in [-0.05, 0) is 18.6 Å². The van der Waals surface area contributed by atoms with Gasteiger partial charge < -0.3 is 11.1 Å². The summed E-state index contributed by atoms with van der Waals surface area (Å²) in [4.78, 5) is 10.6. The molecule has 0 aromatic heterocycles. The van der Waals surface area contributed by atoms with Crippen LogP contribution in [0.1, 0.15) is 32.6 Å². The molecule has 4 heteroatoms. The number of thioether (sulfide) groups is 1. The topological polar surface area (TPSA) is 55.1 Å². The lowest BCUT2D eigenvalue weighted by Gasteiger charge is -2.19. The molecule has 0 aromatic carbocycles. The van der Waals surface area contributed by atoms with Crippen molar-refractivity contribution in [2.45, 2.75) is 43.9 Å². The van der Waals surface area contributed by atoms with Gasteiger partial charge >= 0.3 is 0 Å². The second-order valence-corrected chi connectivity index (χ2v) is 5.22. The monoisotopic (exact) mass is 216 g/mol. The van der Waals surface area contributed by atoms with Crippen LogP contribution in [0.2, 0.25) is 0 Å². The summed E-state index contributed by atoms with van der Waals surface area (Å²) in [5.41, 5.74) is 5.09. The smallest absolute Gasteiger partial charge is 0.218 e. The summed E-state index contributed by atoms with van der Waals surface area (Å²) >= 11 is 2.03. The maximum absolute atomic E-state index is 10.6. The molecule has 0 bridgehead atoms. The van der Waals surface area contributed by atoms with Gasteiger partial charge in [0.25, 0.3) is 0 Å². The number of carbonyl (C=O) groups is 1. The predicted molar refractivity (Wildman–Crippen MR) is 61.4 cm³/mol. The van der Waals surface area contributed by atoms with E-state index in [1.54, 1.807) is 0 Å². The first-order valence-electron chi connectivity index (χ1n) is 5.37. The standard InChI is InChI=1S/C10H20N2OS/c1-2-14-9-5-3-4-8(9)12-7-6-10(11)13/h8-9,12H,2-7H2,1H3,(H2,11,13). The minimum Gasteiger partial charge on any atom is -0.370 e. The molecule has 3 N–H and O–H groups in total. The third-order valence-electron chi connectivity index (χ3n) is 2.61. The lowest BCUT2D eigenvalue weighted by molar-refractivity contribution is -0.117. The third kappa shape index (κ3) is 3.88. The Labute approximate surface area is 90.2 Å². The van der Waals surface area contributed by atoms with E-state index in [1.807, 2.05) is 11.8 Å². The van der Waals surface area contributed by atoms with E-state index in [9.17, 15) is 4.79 Å². The Morgan fingerprint density at radius 1 is 1.57 bits per heavy atom. The molecular weight excluding hydrogens is 196 g/mol. The molecule has 1 aliphatic rings. The number of primary amides is 1. The summed E-state index contributed by atoms with van der Waals surface area (Å²) in [6, 6.07) is 0.597. The number of amides is 1. The Balaban J connectivity index is 2.18. The van der Waals surface area contributed by atoms with Gasteiger partial charge in [0.15, 0.2) is 0 Å². The molecule has 1 saturated carbocycles. The summed E-state index contributed by atoms with van der Waals surface area (Å²) in [6.07, 6.45) is 4.33. The molecule has 1 aliphatic carbocycles. The zero-order valence-corrected chi connectivity index (χ0v) is 9.61. The lowest BCUT2D eigenvalue weighted by Crippen LogP contribution is -2.36. The van der Waals surface area contributed by atoms with Gasteiger partial charge in [0.2, 0.25) is 5.91 Å². The second-order valence-electron chi connectivity index (χ2n) is 3.70. The Kier molecular flexibility index (Phi) is 5.33. The third-order valence-corrected chi connectivity index (χ3v) is 3.94. The largest absolute Gasteiger partial charge is 0.370 e. The molecule has 0 heterocycles. The molecule has 0 saturated heterocycles. The van der Waals surface area contributed by atoms with Crippen LogP contribution in [0.4, 0.5) is 0 Å². The van der Waals surface area contributed by atoms with Crippen LogP contribution >= 0.6 is 11.8 Å². The quantitative estimate of drug-likeness (QED) is 0.699. The second kappa shape index (κ2) is 6.30. The first-order valence-corrected chi connectivity index (χ1v) is 6.42. The number of carbonyl (C=O) groups excluding carboxylic acids is 1. The average molecular weight is 216 g/mol. The fourth-order valence-corrected chi connectivity index (χ4v) is 3.18. The summed E-state index contributed by atoms with van der Waals surface area (Å²) < 4.78 is 0. The summed E-state index contributed by atoms with van der Waals surface area (Å²) in [7, 11) is 0. The molecule has 2 atom stereocenters. The summed E-state index contributed by atoms with van der Waals surface area (Å²) in [6.45, 7) is 2.93. The lowest BCUT2D eigenvalue weighted by atomic mass is 10.2. The molecule has 2 unspecified atom stereocenters. The highest BCUT2D eigenvalue weighted by molar-refractivity contribution is 7.99. The van der Waals surface area contributed by atoms with Crippen LogP contribution in [-0.4, -0.2) is 29.5 Å². The summed E-state index contributed by atoms with van der Waals surface area (Å²) in [5, 5.41) is 4.17. The SMILES string of the molecule is CCSC1CCCC1NCCC(N)=O. The fraction of sp³-hybridized carbons (Fsp3) is 0.900. The molecule has 0 spiro atoms. The molecule has 82 valence electrons. The van der Waals surface area contributed by atoms with Crippen molar-refractivity contribution in [3.05, 3.63) is 0 Å². The molecule has 14 heavy (non-hydrogen) atoms. The highest BCUT2D eigenvalue weighted by atomic mass is 32.2. The number of nitrogens with one attached hydrogen (secondary N) is 1. The van der Waals surface area contributed by atoms with E-state index in [2.05, 4.69) is 12.2 Å². The fourth-order valence-electron chi connectivity index (χ4n) is 1.95. The maximum Gasteiger partial charge on any atom is 0.218 e. The van der Waals surface area contributed by atoms with Gasteiger partial charge in [-0.3, -0.25) is 4.79 Å². The van der Waals surface area contributed by atoms with Crippen LogP contribution in [0.25, 0.3) is 0 Å². The number of rotatable bonds is 6. The molecule has 1 rings (SSSR count). The van der Waals surface area contributed by atoms with Crippen LogP contribution in [0.5, 0.6) is 0 Å². The van der Waals surface area contributed by atoms with Crippen molar-refractivity contribution >= 4 is 17.7 Å². The summed E-state index contributed by atoms with van der Waals surface area (Å²) in [5.74, 6) is 0.966. The molecule has 1 amide bonds. The van der Waals surface area contributed by atoms with E-state index >= 15 is 0 Å². The molecule has 0 aromatic rings. The van der Waals surface area contributed by atoms with Crippen molar-refractivity contribution < 1.29 is 4.79 Å². The van der Waals surface area contributed by atoms with Crippen LogP contribution in [0.15, 0.2) is 0 Å². The maximum atomic E-state index is 10.6. The Morgan fingerprint density at radius 3 is 3.00 bits per heavy atom. The van der Waals surface area contributed by atoms with Crippen molar-refractivity contribution in [3.8, 4) is 0 Å². The zero-order chi connectivity index (χ0) is 10.4. The van der Waals surface area contributed by atoms with Crippen molar-refractivity contribution in [2.24, 2.45) is 5.73 Å². The van der Waals surface area contributed by atoms with Crippen molar-refractivity contribution in [3.63, 3.8) is 0 Å². The number of hydrogen-bond acceptors (Lipinski definition) is 3. The van der Waals surface area contributed by atoms with E-state index in [4.69, 9.17) is 5.73 Å². The Morgan fingerprint density at radius 2 is 2.36 bits per heavy atom. The molecule has 0 aliphatic heterocycles. The average Bonchev–Trinajstić information content (AvgIpc) is 2.53. The highest BCUT2D eigenvalue weighted by Crippen LogP contribution is 2.29. The van der Waals surface area contributed by atoms with Gasteiger partial charge in [-0.1, -0.05) is 13.3 Å². The number of hydrogen-bond donors (Lipinski definition) is 2. The highest BCUT2D eigenvalue weighted by Gasteiger charge is 2.26. The normalized spacial score (nSPS) is 26.6. The Hall–Kier alpha value is -0.220. The first kappa shape index (κ1) is 11.9. The van der Waals surface area contributed by atoms with Crippen LogP contribution in [0.3, 0.4) is 0 Å². The van der Waals surface area contributed by atoms with Gasteiger partial charge in [0.05, 0.1) is 0 Å². The predicted octanol–water partition coefficient (Wildman–Crippen LogP) is 1.13. The molecule has 3 nitrogen and oxygen atoms in total. The first-order chi connectivity index (χ1) is 6.74. The molecular formula is C10H20N2OS. The van der Waals surface area contributed by atoms with Gasteiger partial charge in [-0.25, -0.2) is 0 Å². The van der Waals surface area contributed by atoms with Gasteiger partial charge in [-0.15, -0.1) is 0 Å². The van der Waals surface area contributed by atoms with Crippen molar-refractivity contribution in [1.29, 1.82) is 0 Å². The van der Waals surface area contributed by atoms with E-state index in [1.165, 1.54) is 25.0 Å². The van der Waals surface area contributed by atoms with Crippen LogP contribution in [0, 0.1) is 0 Å². The van der Waals surface area contributed by atoms with Crippen LogP contribution in [-0.2, 0) is 4.79 Å². The van der Waals surface area contributed by atoms with Gasteiger partial charge in [0, 0.05) is 24.3 Å². The molecule has 1 fully saturated rings. The van der Waals surface area contributed by atoms with Gasteiger partial charge in [-0.2, -0.15) is 11.8 Å². The van der Waals surface area contributed by atoms with E-state index < -0.39 is 0 Å². The van der Waals surface area contributed by atoms with Crippen molar-refractivity contribution in [1.82, 2.24) is 5.32 Å². The van der Waals surface area contributed by atoms with E-state index in [0.717, 1.165) is 11.8 Å². The Bertz CT molecular complexity index is 187. The minimum absolute atomic E-state index is 0.213. The van der Waals surface area contributed by atoms with Gasteiger partial charge in [0.1, 0.15) is 0 Å². The minimum atomic E-state index is -0.213. The van der Waals surface area contributed by atoms with E-state index in [0.29, 0.717) is 12.5 Å². The van der Waals surface area contributed by atoms with Crippen molar-refractivity contribution in [2.75, 3.05) is 12.3 Å². The zero-order valence-electron chi connectivity index (χ0n) is 8.79. The number of nitrogens with two attached hydrogens (primary N) is 1. The molecule has 0 radical (unpaired) electrons.